The van der Waals surface area contributed by atoms with Crippen molar-refractivity contribution in [1.82, 2.24) is 4.90 Å². The van der Waals surface area contributed by atoms with Crippen molar-refractivity contribution < 1.29 is 27.9 Å². The van der Waals surface area contributed by atoms with Crippen molar-refractivity contribution in [3.8, 4) is 0 Å². The number of carboxylic acids is 1. The Morgan fingerprint density at radius 1 is 1.25 bits per heavy atom. The minimum absolute atomic E-state index is 0. The molecular weight excluding hydrogens is 349 g/mol. The van der Waals surface area contributed by atoms with E-state index in [1.807, 2.05) is 0 Å². The van der Waals surface area contributed by atoms with Crippen LogP contribution < -0.4 is 5.32 Å². The number of aliphatic carboxylic acids is 1. The number of carbonyl (C=O) groups excluding carboxylic acids is 1. The number of hydrogen-bond donors (Lipinski definition) is 2. The normalized spacial score (nSPS) is 18.5. The van der Waals surface area contributed by atoms with Gasteiger partial charge in [0.05, 0.1) is 17.8 Å². The monoisotopic (exact) mass is 366 g/mol. The number of nitrogens with one attached hydrogen (secondary N) is 1. The van der Waals surface area contributed by atoms with Crippen molar-refractivity contribution in [1.29, 1.82) is 0 Å². The highest BCUT2D eigenvalue weighted by molar-refractivity contribution is 5.93. The first kappa shape index (κ1) is 20.2. The molecule has 5 nitrogen and oxygen atoms in total. The summed E-state index contributed by atoms with van der Waals surface area (Å²) in [7, 11) is 0. The summed E-state index contributed by atoms with van der Waals surface area (Å²) in [5.74, 6) is -1.68. The van der Waals surface area contributed by atoms with E-state index >= 15 is 0 Å². The first-order valence-corrected chi connectivity index (χ1v) is 7.22. The van der Waals surface area contributed by atoms with Crippen LogP contribution in [-0.2, 0) is 15.8 Å². The Balaban J connectivity index is 0.00000288. The van der Waals surface area contributed by atoms with Gasteiger partial charge in [-0.15, -0.1) is 12.4 Å². The number of amides is 1. The van der Waals surface area contributed by atoms with Gasteiger partial charge in [-0.25, -0.2) is 0 Å². The number of halogens is 4. The first-order valence-electron chi connectivity index (χ1n) is 7.22. The van der Waals surface area contributed by atoms with Gasteiger partial charge in [0.15, 0.2) is 0 Å². The summed E-state index contributed by atoms with van der Waals surface area (Å²) in [6.07, 6.45) is -2.62. The van der Waals surface area contributed by atoms with E-state index in [2.05, 4.69) is 5.32 Å². The predicted molar refractivity (Wildman–Crippen MR) is 84.2 cm³/mol. The van der Waals surface area contributed by atoms with Crippen LogP contribution in [0.5, 0.6) is 0 Å². The van der Waals surface area contributed by atoms with Crippen molar-refractivity contribution in [3.63, 3.8) is 0 Å². The average Bonchev–Trinajstić information content (AvgIpc) is 2.47. The Morgan fingerprint density at radius 2 is 1.92 bits per heavy atom. The van der Waals surface area contributed by atoms with Gasteiger partial charge in [0, 0.05) is 0 Å². The molecule has 9 heteroatoms. The van der Waals surface area contributed by atoms with Crippen molar-refractivity contribution in [2.75, 3.05) is 18.4 Å². The molecule has 1 aliphatic heterocycles. The lowest BCUT2D eigenvalue weighted by atomic mass is 10.0. The maximum absolute atomic E-state index is 12.9. The van der Waals surface area contributed by atoms with E-state index in [1.54, 1.807) is 0 Å². The zero-order valence-electron chi connectivity index (χ0n) is 12.7. The first-order chi connectivity index (χ1) is 10.8. The second-order valence-corrected chi connectivity index (χ2v) is 5.41. The van der Waals surface area contributed by atoms with E-state index < -0.39 is 29.7 Å². The topological polar surface area (TPSA) is 69.6 Å². The van der Waals surface area contributed by atoms with Gasteiger partial charge in [0.1, 0.15) is 6.04 Å². The van der Waals surface area contributed by atoms with Crippen molar-refractivity contribution in [2.45, 2.75) is 31.5 Å². The summed E-state index contributed by atoms with van der Waals surface area (Å²) in [6.45, 7) is 0.189. The summed E-state index contributed by atoms with van der Waals surface area (Å²) in [5, 5.41) is 11.4. The van der Waals surface area contributed by atoms with Gasteiger partial charge < -0.3 is 10.4 Å². The Bertz CT molecular complexity index is 596. The number of piperidine rings is 1. The number of para-hydroxylation sites is 1. The minimum Gasteiger partial charge on any atom is -0.480 e. The number of carbonyl (C=O) groups is 2. The fraction of sp³-hybridized carbons (Fsp3) is 0.467. The van der Waals surface area contributed by atoms with Crippen LogP contribution in [0.25, 0.3) is 0 Å². The molecule has 0 aromatic heterocycles. The van der Waals surface area contributed by atoms with Crippen molar-refractivity contribution >= 4 is 30.0 Å². The highest BCUT2D eigenvalue weighted by Gasteiger charge is 2.34. The Morgan fingerprint density at radius 3 is 2.54 bits per heavy atom. The molecule has 1 fully saturated rings. The average molecular weight is 367 g/mol. The number of rotatable bonds is 4. The van der Waals surface area contributed by atoms with Crippen LogP contribution in [0.15, 0.2) is 24.3 Å². The van der Waals surface area contributed by atoms with Crippen LogP contribution in [0.4, 0.5) is 18.9 Å². The second-order valence-electron chi connectivity index (χ2n) is 5.41. The molecule has 1 aromatic rings. The lowest BCUT2D eigenvalue weighted by Crippen LogP contribution is -2.47. The van der Waals surface area contributed by atoms with Crippen LogP contribution in [-0.4, -0.2) is 41.0 Å². The second kappa shape index (κ2) is 8.34. The summed E-state index contributed by atoms with van der Waals surface area (Å²) in [6, 6.07) is 3.92. The van der Waals surface area contributed by atoms with Crippen LogP contribution in [0.2, 0.25) is 0 Å². The molecular formula is C15H18ClF3N2O3. The molecule has 1 unspecified atom stereocenters. The van der Waals surface area contributed by atoms with Gasteiger partial charge in [0.25, 0.3) is 0 Å². The minimum atomic E-state index is -4.57. The number of carboxylic acid groups (broad SMARTS) is 1. The fourth-order valence-corrected chi connectivity index (χ4v) is 2.67. The molecule has 0 bridgehead atoms. The zero-order valence-corrected chi connectivity index (χ0v) is 13.5. The largest absolute Gasteiger partial charge is 0.480 e. The highest BCUT2D eigenvalue weighted by Crippen LogP contribution is 2.34. The highest BCUT2D eigenvalue weighted by atomic mass is 35.5. The predicted octanol–water partition coefficient (Wildman–Crippen LogP) is 3.00. The molecule has 1 saturated heterocycles. The van der Waals surface area contributed by atoms with Crippen LogP contribution >= 0.6 is 12.4 Å². The van der Waals surface area contributed by atoms with Crippen molar-refractivity contribution in [2.24, 2.45) is 0 Å². The Hall–Kier alpha value is -1.80. The van der Waals surface area contributed by atoms with Gasteiger partial charge in [-0.05, 0) is 31.5 Å². The van der Waals surface area contributed by atoms with Crippen LogP contribution in [0.1, 0.15) is 24.8 Å². The fourth-order valence-electron chi connectivity index (χ4n) is 2.67. The lowest BCUT2D eigenvalue weighted by Gasteiger charge is -2.32. The van der Waals surface area contributed by atoms with Crippen molar-refractivity contribution in [3.05, 3.63) is 29.8 Å². The molecule has 0 saturated carbocycles. The third-order valence-electron chi connectivity index (χ3n) is 3.75. The molecule has 134 valence electrons. The van der Waals surface area contributed by atoms with E-state index in [0.29, 0.717) is 13.0 Å². The zero-order chi connectivity index (χ0) is 17.0. The van der Waals surface area contributed by atoms with Gasteiger partial charge in [-0.3, -0.25) is 14.5 Å². The summed E-state index contributed by atoms with van der Waals surface area (Å²) in [4.78, 5) is 24.7. The quantitative estimate of drug-likeness (QED) is 0.859. The number of hydrogen-bond acceptors (Lipinski definition) is 3. The summed E-state index contributed by atoms with van der Waals surface area (Å²) in [5.41, 5.74) is -1.25. The van der Waals surface area contributed by atoms with E-state index in [0.717, 1.165) is 18.9 Å². The van der Waals surface area contributed by atoms with E-state index in [4.69, 9.17) is 5.11 Å². The van der Waals surface area contributed by atoms with Gasteiger partial charge in [-0.1, -0.05) is 18.6 Å². The number of likely N-dealkylation sites (tertiary alicyclic amines) is 1. The molecule has 1 atom stereocenters. The molecule has 0 aliphatic carbocycles. The van der Waals surface area contributed by atoms with Gasteiger partial charge in [0.2, 0.25) is 5.91 Å². The van der Waals surface area contributed by atoms with Crippen LogP contribution in [0, 0.1) is 0 Å². The third kappa shape index (κ3) is 5.10. The number of anilines is 1. The molecule has 1 amide bonds. The number of alkyl halides is 3. The SMILES string of the molecule is Cl.O=C(CN1CCCCC1C(=O)O)Nc1ccccc1C(F)(F)F. The molecule has 0 radical (unpaired) electrons. The van der Waals surface area contributed by atoms with E-state index in [1.165, 1.54) is 23.1 Å². The molecule has 1 heterocycles. The molecule has 24 heavy (non-hydrogen) atoms. The smallest absolute Gasteiger partial charge is 0.418 e. The third-order valence-corrected chi connectivity index (χ3v) is 3.75. The maximum atomic E-state index is 12.9. The number of nitrogens with zero attached hydrogens (tertiary/aromatic N) is 1. The van der Waals surface area contributed by atoms with Crippen LogP contribution in [0.3, 0.4) is 0 Å². The molecule has 0 spiro atoms. The summed E-state index contributed by atoms with van der Waals surface area (Å²) >= 11 is 0. The Kier molecular flexibility index (Phi) is 7.04. The molecule has 1 aliphatic rings. The van der Waals surface area contributed by atoms with Gasteiger partial charge >= 0.3 is 12.1 Å². The molecule has 2 N–H and O–H groups in total. The molecule has 1 aromatic carbocycles. The van der Waals surface area contributed by atoms with E-state index in [-0.39, 0.29) is 24.6 Å². The number of benzene rings is 1. The lowest BCUT2D eigenvalue weighted by molar-refractivity contribution is -0.145. The standard InChI is InChI=1S/C15H17F3N2O3.ClH/c16-15(17,18)10-5-1-2-6-11(10)19-13(21)9-20-8-4-3-7-12(20)14(22)23;/h1-2,5-6,12H,3-4,7-9H2,(H,19,21)(H,22,23);1H. The van der Waals surface area contributed by atoms with E-state index in [9.17, 15) is 22.8 Å². The molecule has 2 rings (SSSR count). The Labute approximate surface area is 143 Å². The van der Waals surface area contributed by atoms with Gasteiger partial charge in [-0.2, -0.15) is 13.2 Å². The maximum Gasteiger partial charge on any atom is 0.418 e. The summed E-state index contributed by atoms with van der Waals surface area (Å²) < 4.78 is 38.7.